The Morgan fingerprint density at radius 1 is 1.11 bits per heavy atom. The van der Waals surface area contributed by atoms with E-state index >= 15 is 4.39 Å². The molecule has 3 heterocycles. The second-order valence-corrected chi connectivity index (χ2v) is 10.6. The standard InChI is InChI=1S/C25H25FN6O4S/c1-32(17-6-3-4-7-17)37(34,35)31-21-9-5-8-18(22(21)26)23(33)20-14-28-24-19(20)10-15(11-27-24)16-12-29-25(36-2)30-13-16/h5,8-14,17,31H,3-4,6-7H2,1-2H3,(H,27,28). The Labute approximate surface area is 213 Å². The molecule has 0 unspecified atom stereocenters. The monoisotopic (exact) mass is 524 g/mol. The number of carbonyl (C=O) groups is 1. The van der Waals surface area contributed by atoms with E-state index in [4.69, 9.17) is 4.74 Å². The summed E-state index contributed by atoms with van der Waals surface area (Å²) in [5.41, 5.74) is 1.40. The van der Waals surface area contributed by atoms with Crippen molar-refractivity contribution < 1.29 is 22.3 Å². The molecule has 0 radical (unpaired) electrons. The summed E-state index contributed by atoms with van der Waals surface area (Å²) in [5, 5.41) is 0.477. The molecule has 37 heavy (non-hydrogen) atoms. The molecule has 12 heteroatoms. The normalized spacial score (nSPS) is 14.4. The highest BCUT2D eigenvalue weighted by Crippen LogP contribution is 2.29. The Balaban J connectivity index is 1.46. The number of nitrogens with zero attached hydrogens (tertiary/aromatic N) is 4. The van der Waals surface area contributed by atoms with E-state index in [9.17, 15) is 13.2 Å². The van der Waals surface area contributed by atoms with Crippen LogP contribution in [0.2, 0.25) is 0 Å². The number of ether oxygens (including phenoxy) is 1. The zero-order chi connectivity index (χ0) is 26.2. The highest BCUT2D eigenvalue weighted by molar-refractivity contribution is 7.90. The molecule has 1 aromatic carbocycles. The lowest BCUT2D eigenvalue weighted by atomic mass is 10.0. The maximum absolute atomic E-state index is 15.5. The maximum atomic E-state index is 15.5. The van der Waals surface area contributed by atoms with E-state index in [0.717, 1.165) is 25.7 Å². The van der Waals surface area contributed by atoms with Gasteiger partial charge >= 0.3 is 16.2 Å². The van der Waals surface area contributed by atoms with Crippen LogP contribution < -0.4 is 9.46 Å². The van der Waals surface area contributed by atoms with Crippen LogP contribution >= 0.6 is 0 Å². The van der Waals surface area contributed by atoms with Crippen molar-refractivity contribution in [2.24, 2.45) is 0 Å². The third-order valence-corrected chi connectivity index (χ3v) is 8.15. The maximum Gasteiger partial charge on any atom is 0.316 e. The van der Waals surface area contributed by atoms with Gasteiger partial charge in [-0.15, -0.1) is 0 Å². The summed E-state index contributed by atoms with van der Waals surface area (Å²) in [6, 6.07) is 5.88. The van der Waals surface area contributed by atoms with Gasteiger partial charge in [-0.05, 0) is 31.0 Å². The molecular formula is C25H25FN6O4S. The van der Waals surface area contributed by atoms with Crippen molar-refractivity contribution in [3.63, 3.8) is 0 Å². The first-order valence-electron chi connectivity index (χ1n) is 11.7. The van der Waals surface area contributed by atoms with Crippen LogP contribution in [0.3, 0.4) is 0 Å². The Kier molecular flexibility index (Phi) is 6.61. The van der Waals surface area contributed by atoms with Crippen LogP contribution in [0.4, 0.5) is 10.1 Å². The Bertz CT molecular complexity index is 1570. The zero-order valence-electron chi connectivity index (χ0n) is 20.2. The molecule has 192 valence electrons. The number of hydrogen-bond acceptors (Lipinski definition) is 7. The molecule has 0 aliphatic heterocycles. The predicted molar refractivity (Wildman–Crippen MR) is 136 cm³/mol. The number of pyridine rings is 1. The van der Waals surface area contributed by atoms with Crippen LogP contribution in [0.15, 0.2) is 49.1 Å². The topological polar surface area (TPSA) is 130 Å². The molecule has 1 aliphatic carbocycles. The number of carbonyl (C=O) groups excluding carboxylic acids is 1. The van der Waals surface area contributed by atoms with Crippen molar-refractivity contribution in [3.05, 3.63) is 66.0 Å². The number of H-pyrrole nitrogens is 1. The summed E-state index contributed by atoms with van der Waals surface area (Å²) < 4.78 is 49.7. The fraction of sp³-hybridized carbons (Fsp3) is 0.280. The third kappa shape index (κ3) is 4.77. The van der Waals surface area contributed by atoms with Crippen molar-refractivity contribution in [1.82, 2.24) is 24.2 Å². The minimum atomic E-state index is -4.00. The lowest BCUT2D eigenvalue weighted by Gasteiger charge is -2.24. The Morgan fingerprint density at radius 3 is 2.51 bits per heavy atom. The SMILES string of the molecule is COc1ncc(-c2cnc3[nH]cc(C(=O)c4cccc(NS(=O)(=O)N(C)C5CCCC5)c4F)c3c2)cn1. The Hall–Kier alpha value is -3.90. The third-order valence-electron chi connectivity index (χ3n) is 6.62. The first-order valence-corrected chi connectivity index (χ1v) is 13.1. The van der Waals surface area contributed by atoms with E-state index < -0.39 is 21.8 Å². The molecule has 1 saturated carbocycles. The molecule has 0 bridgehead atoms. The second kappa shape index (κ2) is 9.87. The van der Waals surface area contributed by atoms with Crippen LogP contribution in [0, 0.1) is 5.82 Å². The average Bonchev–Trinajstić information content (AvgIpc) is 3.59. The number of aromatic nitrogens is 4. The van der Waals surface area contributed by atoms with Crippen LogP contribution in [0.5, 0.6) is 6.01 Å². The van der Waals surface area contributed by atoms with E-state index in [1.54, 1.807) is 24.7 Å². The van der Waals surface area contributed by atoms with Crippen molar-refractivity contribution in [2.45, 2.75) is 31.7 Å². The van der Waals surface area contributed by atoms with Crippen molar-refractivity contribution in [1.29, 1.82) is 0 Å². The summed E-state index contributed by atoms with van der Waals surface area (Å²) in [4.78, 5) is 28.9. The van der Waals surface area contributed by atoms with Gasteiger partial charge in [-0.1, -0.05) is 18.9 Å². The number of ketones is 1. The minimum absolute atomic E-state index is 0.130. The average molecular weight is 525 g/mol. The zero-order valence-corrected chi connectivity index (χ0v) is 21.0. The number of halogens is 1. The summed E-state index contributed by atoms with van der Waals surface area (Å²) in [7, 11) is -1.05. The van der Waals surface area contributed by atoms with Crippen LogP contribution in [-0.4, -0.2) is 58.6 Å². The van der Waals surface area contributed by atoms with E-state index in [1.807, 2.05) is 0 Å². The van der Waals surface area contributed by atoms with E-state index in [1.165, 1.54) is 42.9 Å². The number of methoxy groups -OCH3 is 1. The fourth-order valence-corrected chi connectivity index (χ4v) is 5.71. The number of hydrogen-bond donors (Lipinski definition) is 2. The molecule has 3 aromatic heterocycles. The molecular weight excluding hydrogens is 499 g/mol. The lowest BCUT2D eigenvalue weighted by molar-refractivity contribution is 0.103. The second-order valence-electron chi connectivity index (χ2n) is 8.84. The first kappa shape index (κ1) is 24.8. The van der Waals surface area contributed by atoms with E-state index in [0.29, 0.717) is 22.2 Å². The first-order chi connectivity index (χ1) is 17.8. The van der Waals surface area contributed by atoms with Crippen molar-refractivity contribution in [2.75, 3.05) is 18.9 Å². The van der Waals surface area contributed by atoms with Gasteiger partial charge in [0.15, 0.2) is 11.6 Å². The number of nitrogens with one attached hydrogen (secondary N) is 2. The summed E-state index contributed by atoms with van der Waals surface area (Å²) in [6.45, 7) is 0. The van der Waals surface area contributed by atoms with Gasteiger partial charge in [0.1, 0.15) is 5.65 Å². The molecule has 5 rings (SSSR count). The molecule has 4 aromatic rings. The molecule has 0 atom stereocenters. The van der Waals surface area contributed by atoms with Crippen LogP contribution in [0.25, 0.3) is 22.2 Å². The Morgan fingerprint density at radius 2 is 1.81 bits per heavy atom. The number of aromatic amines is 1. The summed E-state index contributed by atoms with van der Waals surface area (Å²) in [6.07, 6.45) is 9.63. The van der Waals surface area contributed by atoms with Crippen molar-refractivity contribution >= 4 is 32.7 Å². The minimum Gasteiger partial charge on any atom is -0.467 e. The fourth-order valence-electron chi connectivity index (χ4n) is 4.53. The van der Waals surface area contributed by atoms with Crippen molar-refractivity contribution in [3.8, 4) is 17.1 Å². The van der Waals surface area contributed by atoms with E-state index in [2.05, 4.69) is 24.7 Å². The molecule has 0 amide bonds. The number of benzene rings is 1. The molecule has 2 N–H and O–H groups in total. The molecule has 1 aliphatic rings. The smallest absolute Gasteiger partial charge is 0.316 e. The largest absolute Gasteiger partial charge is 0.467 e. The van der Waals surface area contributed by atoms with Crippen LogP contribution in [0.1, 0.15) is 41.6 Å². The molecule has 0 saturated heterocycles. The van der Waals surface area contributed by atoms with Gasteiger partial charge in [-0.2, -0.15) is 12.7 Å². The number of fused-ring (bicyclic) bond motifs is 1. The van der Waals surface area contributed by atoms with Gasteiger partial charge < -0.3 is 9.72 Å². The highest BCUT2D eigenvalue weighted by atomic mass is 32.2. The van der Waals surface area contributed by atoms with E-state index in [-0.39, 0.29) is 28.9 Å². The molecule has 10 nitrogen and oxygen atoms in total. The number of rotatable bonds is 8. The van der Waals surface area contributed by atoms with Gasteiger partial charge in [0.25, 0.3) is 0 Å². The molecule has 1 fully saturated rings. The van der Waals surface area contributed by atoms with Gasteiger partial charge in [0.2, 0.25) is 0 Å². The summed E-state index contributed by atoms with van der Waals surface area (Å²) >= 11 is 0. The highest BCUT2D eigenvalue weighted by Gasteiger charge is 2.30. The summed E-state index contributed by atoms with van der Waals surface area (Å²) in [5.74, 6) is -1.56. The lowest BCUT2D eigenvalue weighted by Crippen LogP contribution is -2.39. The van der Waals surface area contributed by atoms with Gasteiger partial charge in [0.05, 0.1) is 18.4 Å². The quantitative estimate of drug-likeness (QED) is 0.334. The van der Waals surface area contributed by atoms with Crippen LogP contribution in [-0.2, 0) is 10.2 Å². The van der Waals surface area contributed by atoms with Gasteiger partial charge in [-0.3, -0.25) is 9.52 Å². The molecule has 0 spiro atoms. The predicted octanol–water partition coefficient (Wildman–Crippen LogP) is 3.93. The number of anilines is 1. The van der Waals surface area contributed by atoms with Gasteiger partial charge in [-0.25, -0.2) is 19.3 Å². The van der Waals surface area contributed by atoms with Gasteiger partial charge in [0, 0.05) is 60.0 Å².